The molecular formula is C13H21FN2. The van der Waals surface area contributed by atoms with Crippen LogP contribution in [0.25, 0.3) is 0 Å². The number of nitrogens with zero attached hydrogens (tertiary/aromatic N) is 1. The number of hydrogen-bond donors (Lipinski definition) is 1. The first-order valence-corrected chi connectivity index (χ1v) is 5.55. The lowest BCUT2D eigenvalue weighted by molar-refractivity contribution is 0.222. The van der Waals surface area contributed by atoms with Gasteiger partial charge in [-0.15, -0.1) is 0 Å². The van der Waals surface area contributed by atoms with Gasteiger partial charge >= 0.3 is 0 Å². The van der Waals surface area contributed by atoms with Crippen LogP contribution in [0.3, 0.4) is 0 Å². The van der Waals surface area contributed by atoms with Crippen molar-refractivity contribution >= 4 is 0 Å². The minimum absolute atomic E-state index is 0.0777. The fraction of sp³-hybridized carbons (Fsp3) is 0.538. The summed E-state index contributed by atoms with van der Waals surface area (Å²) in [6.07, 6.45) is 0.675. The third-order valence-electron chi connectivity index (χ3n) is 2.77. The minimum atomic E-state index is -0.138. The number of halogens is 1. The zero-order valence-electron chi connectivity index (χ0n) is 10.3. The lowest BCUT2D eigenvalue weighted by atomic mass is 9.83. The summed E-state index contributed by atoms with van der Waals surface area (Å²) < 4.78 is 13.5. The van der Waals surface area contributed by atoms with Crippen molar-refractivity contribution in [1.82, 2.24) is 4.90 Å². The summed E-state index contributed by atoms with van der Waals surface area (Å²) >= 11 is 0. The molecule has 1 aromatic rings. The fourth-order valence-corrected chi connectivity index (χ4v) is 2.06. The second-order valence-corrected chi connectivity index (χ2v) is 5.02. The molecule has 0 spiro atoms. The van der Waals surface area contributed by atoms with Crippen LogP contribution in [0.4, 0.5) is 4.39 Å². The molecule has 1 rings (SSSR count). The lowest BCUT2D eigenvalue weighted by Crippen LogP contribution is -2.39. The van der Waals surface area contributed by atoms with E-state index in [1.165, 1.54) is 6.07 Å². The Morgan fingerprint density at radius 2 is 1.94 bits per heavy atom. The summed E-state index contributed by atoms with van der Waals surface area (Å²) in [5.41, 5.74) is 6.47. The van der Waals surface area contributed by atoms with E-state index in [2.05, 4.69) is 11.8 Å². The van der Waals surface area contributed by atoms with Crippen LogP contribution in [-0.4, -0.2) is 32.1 Å². The van der Waals surface area contributed by atoms with Crippen LogP contribution < -0.4 is 5.73 Å². The van der Waals surface area contributed by atoms with Gasteiger partial charge in [-0.05, 0) is 44.1 Å². The van der Waals surface area contributed by atoms with Crippen LogP contribution in [-0.2, 0) is 6.42 Å². The van der Waals surface area contributed by atoms with E-state index in [9.17, 15) is 4.39 Å². The largest absolute Gasteiger partial charge is 0.330 e. The molecule has 90 valence electrons. The highest BCUT2D eigenvalue weighted by Crippen LogP contribution is 2.23. The quantitative estimate of drug-likeness (QED) is 0.827. The molecule has 1 atom stereocenters. The Balaban J connectivity index is 2.81. The van der Waals surface area contributed by atoms with Gasteiger partial charge in [0.2, 0.25) is 0 Å². The molecule has 0 aliphatic carbocycles. The molecule has 2 N–H and O–H groups in total. The van der Waals surface area contributed by atoms with Crippen molar-refractivity contribution in [3.05, 3.63) is 35.6 Å². The van der Waals surface area contributed by atoms with E-state index in [1.807, 2.05) is 26.2 Å². The maximum atomic E-state index is 13.5. The van der Waals surface area contributed by atoms with Gasteiger partial charge in [-0.25, -0.2) is 4.39 Å². The van der Waals surface area contributed by atoms with E-state index in [1.54, 1.807) is 6.07 Å². The van der Waals surface area contributed by atoms with E-state index in [4.69, 9.17) is 5.73 Å². The summed E-state index contributed by atoms with van der Waals surface area (Å²) in [6.45, 7) is 3.51. The molecule has 0 aromatic heterocycles. The Morgan fingerprint density at radius 3 is 2.44 bits per heavy atom. The molecule has 0 amide bonds. The average molecular weight is 224 g/mol. The Kier molecular flexibility index (Phi) is 4.44. The molecule has 1 aromatic carbocycles. The molecule has 0 aliphatic rings. The summed E-state index contributed by atoms with van der Waals surface area (Å²) in [6, 6.07) is 6.91. The van der Waals surface area contributed by atoms with Gasteiger partial charge in [0.1, 0.15) is 5.82 Å². The molecule has 0 radical (unpaired) electrons. The molecular weight excluding hydrogens is 203 g/mol. The number of nitrogens with two attached hydrogens (primary N) is 1. The van der Waals surface area contributed by atoms with E-state index in [-0.39, 0.29) is 11.2 Å². The van der Waals surface area contributed by atoms with Crippen molar-refractivity contribution in [3.8, 4) is 0 Å². The highest BCUT2D eigenvalue weighted by molar-refractivity contribution is 5.19. The average Bonchev–Trinajstić information content (AvgIpc) is 2.20. The predicted molar refractivity (Wildman–Crippen MR) is 65.8 cm³/mol. The van der Waals surface area contributed by atoms with Crippen LogP contribution >= 0.6 is 0 Å². The Labute approximate surface area is 97.3 Å². The molecule has 16 heavy (non-hydrogen) atoms. The minimum Gasteiger partial charge on any atom is -0.330 e. The second-order valence-electron chi connectivity index (χ2n) is 5.02. The first-order valence-electron chi connectivity index (χ1n) is 5.55. The second kappa shape index (κ2) is 5.41. The van der Waals surface area contributed by atoms with E-state index >= 15 is 0 Å². The third kappa shape index (κ3) is 3.58. The monoisotopic (exact) mass is 224 g/mol. The fourth-order valence-electron chi connectivity index (χ4n) is 2.06. The molecule has 0 bridgehead atoms. The van der Waals surface area contributed by atoms with Crippen molar-refractivity contribution < 1.29 is 4.39 Å². The number of hydrogen-bond acceptors (Lipinski definition) is 2. The van der Waals surface area contributed by atoms with E-state index in [0.717, 1.165) is 12.1 Å². The predicted octanol–water partition coefficient (Wildman–Crippen LogP) is 1.89. The SMILES string of the molecule is CN(C)CC(C)(CN)Cc1ccccc1F. The van der Waals surface area contributed by atoms with Crippen LogP contribution in [0.1, 0.15) is 12.5 Å². The smallest absolute Gasteiger partial charge is 0.126 e. The molecule has 1 unspecified atom stereocenters. The van der Waals surface area contributed by atoms with Gasteiger partial charge in [-0.3, -0.25) is 0 Å². The van der Waals surface area contributed by atoms with Gasteiger partial charge in [-0.1, -0.05) is 25.1 Å². The van der Waals surface area contributed by atoms with Gasteiger partial charge in [0.25, 0.3) is 0 Å². The summed E-state index contributed by atoms with van der Waals surface area (Å²) in [5.74, 6) is -0.138. The first kappa shape index (κ1) is 13.1. The zero-order valence-corrected chi connectivity index (χ0v) is 10.3. The van der Waals surface area contributed by atoms with Crippen molar-refractivity contribution in [1.29, 1.82) is 0 Å². The normalized spacial score (nSPS) is 15.1. The van der Waals surface area contributed by atoms with Gasteiger partial charge in [0, 0.05) is 6.54 Å². The van der Waals surface area contributed by atoms with Crippen molar-refractivity contribution in [2.24, 2.45) is 11.1 Å². The molecule has 0 fully saturated rings. The van der Waals surface area contributed by atoms with Gasteiger partial charge in [-0.2, -0.15) is 0 Å². The highest BCUT2D eigenvalue weighted by Gasteiger charge is 2.25. The van der Waals surface area contributed by atoms with Crippen LogP contribution in [0.15, 0.2) is 24.3 Å². The Morgan fingerprint density at radius 1 is 1.31 bits per heavy atom. The highest BCUT2D eigenvalue weighted by atomic mass is 19.1. The van der Waals surface area contributed by atoms with E-state index < -0.39 is 0 Å². The van der Waals surface area contributed by atoms with E-state index in [0.29, 0.717) is 13.0 Å². The Bertz CT molecular complexity index is 338. The molecule has 0 heterocycles. The van der Waals surface area contributed by atoms with Gasteiger partial charge in [0.15, 0.2) is 0 Å². The first-order chi connectivity index (χ1) is 7.47. The zero-order chi connectivity index (χ0) is 12.2. The number of rotatable bonds is 5. The molecule has 0 saturated carbocycles. The molecule has 0 aliphatic heterocycles. The van der Waals surface area contributed by atoms with Crippen LogP contribution in [0, 0.1) is 11.2 Å². The topological polar surface area (TPSA) is 29.3 Å². The van der Waals surface area contributed by atoms with Crippen molar-refractivity contribution in [2.45, 2.75) is 13.3 Å². The van der Waals surface area contributed by atoms with Crippen molar-refractivity contribution in [2.75, 3.05) is 27.2 Å². The summed E-state index contributed by atoms with van der Waals surface area (Å²) in [5, 5.41) is 0. The maximum Gasteiger partial charge on any atom is 0.126 e. The lowest BCUT2D eigenvalue weighted by Gasteiger charge is -2.31. The van der Waals surface area contributed by atoms with Crippen LogP contribution in [0.2, 0.25) is 0 Å². The summed E-state index contributed by atoms with van der Waals surface area (Å²) in [4.78, 5) is 2.09. The Hall–Kier alpha value is -0.930. The maximum absolute atomic E-state index is 13.5. The third-order valence-corrected chi connectivity index (χ3v) is 2.77. The molecule has 0 saturated heterocycles. The van der Waals surface area contributed by atoms with Gasteiger partial charge < -0.3 is 10.6 Å². The molecule has 2 nitrogen and oxygen atoms in total. The van der Waals surface area contributed by atoms with Gasteiger partial charge in [0.05, 0.1) is 0 Å². The standard InChI is InChI=1S/C13H21FN2/c1-13(9-15,10-16(2)3)8-11-6-4-5-7-12(11)14/h4-7H,8-10,15H2,1-3H3. The number of benzene rings is 1. The van der Waals surface area contributed by atoms with Crippen molar-refractivity contribution in [3.63, 3.8) is 0 Å². The summed E-state index contributed by atoms with van der Waals surface area (Å²) in [7, 11) is 4.02. The molecule has 3 heteroatoms. The van der Waals surface area contributed by atoms with Crippen LogP contribution in [0.5, 0.6) is 0 Å².